The lowest BCUT2D eigenvalue weighted by atomic mass is 9.77. The van der Waals surface area contributed by atoms with Gasteiger partial charge in [-0.3, -0.25) is 0 Å². The van der Waals surface area contributed by atoms with Crippen molar-refractivity contribution in [3.8, 4) is 0 Å². The Morgan fingerprint density at radius 1 is 1.24 bits per heavy atom. The zero-order chi connectivity index (χ0) is 13.1. The SMILES string of the molecule is CCC(CC)(CN)Cc1c(F)ccc(Br)c1F. The second-order valence-electron chi connectivity index (χ2n) is 4.41. The van der Waals surface area contributed by atoms with Crippen LogP contribution in [0.2, 0.25) is 0 Å². The van der Waals surface area contributed by atoms with E-state index in [1.807, 2.05) is 13.8 Å². The van der Waals surface area contributed by atoms with Gasteiger partial charge in [-0.15, -0.1) is 0 Å². The van der Waals surface area contributed by atoms with Crippen LogP contribution < -0.4 is 5.73 Å². The molecule has 1 rings (SSSR count). The van der Waals surface area contributed by atoms with Gasteiger partial charge >= 0.3 is 0 Å². The predicted octanol–water partition coefficient (Wildman–Crippen LogP) is 4.03. The average Bonchev–Trinajstić information content (AvgIpc) is 2.36. The van der Waals surface area contributed by atoms with Crippen LogP contribution in [0.3, 0.4) is 0 Å². The molecular formula is C13H18BrF2N. The Labute approximate surface area is 110 Å². The maximum Gasteiger partial charge on any atom is 0.143 e. The normalized spacial score (nSPS) is 11.9. The predicted molar refractivity (Wildman–Crippen MR) is 69.8 cm³/mol. The van der Waals surface area contributed by atoms with Gasteiger partial charge in [0.05, 0.1) is 4.47 Å². The lowest BCUT2D eigenvalue weighted by Gasteiger charge is -2.30. The molecule has 0 aromatic heterocycles. The molecule has 0 saturated heterocycles. The van der Waals surface area contributed by atoms with Crippen LogP contribution in [-0.4, -0.2) is 6.54 Å². The smallest absolute Gasteiger partial charge is 0.143 e. The van der Waals surface area contributed by atoms with E-state index >= 15 is 0 Å². The van der Waals surface area contributed by atoms with Gasteiger partial charge in [0.1, 0.15) is 11.6 Å². The standard InChI is InChI=1S/C13H18BrF2N/c1-3-13(4-2,8-17)7-9-11(15)6-5-10(14)12(9)16/h5-6H,3-4,7-8,17H2,1-2H3. The van der Waals surface area contributed by atoms with Gasteiger partial charge in [0, 0.05) is 5.56 Å². The van der Waals surface area contributed by atoms with Crippen LogP contribution in [0.25, 0.3) is 0 Å². The van der Waals surface area contributed by atoms with Gasteiger partial charge in [-0.1, -0.05) is 13.8 Å². The molecule has 0 fully saturated rings. The number of rotatable bonds is 5. The van der Waals surface area contributed by atoms with Crippen LogP contribution in [0.4, 0.5) is 8.78 Å². The minimum Gasteiger partial charge on any atom is -0.330 e. The molecule has 0 aliphatic heterocycles. The van der Waals surface area contributed by atoms with E-state index in [1.54, 1.807) is 0 Å². The molecule has 0 atom stereocenters. The number of hydrogen-bond acceptors (Lipinski definition) is 1. The van der Waals surface area contributed by atoms with E-state index in [4.69, 9.17) is 5.73 Å². The van der Waals surface area contributed by atoms with Crippen LogP contribution in [0.15, 0.2) is 16.6 Å². The molecule has 1 nitrogen and oxygen atoms in total. The first-order chi connectivity index (χ1) is 7.99. The van der Waals surface area contributed by atoms with Gasteiger partial charge in [0.15, 0.2) is 0 Å². The highest BCUT2D eigenvalue weighted by atomic mass is 79.9. The Morgan fingerprint density at radius 2 is 1.82 bits per heavy atom. The van der Waals surface area contributed by atoms with Crippen LogP contribution in [0.5, 0.6) is 0 Å². The molecule has 0 amide bonds. The highest BCUT2D eigenvalue weighted by Gasteiger charge is 2.28. The van der Waals surface area contributed by atoms with Gasteiger partial charge < -0.3 is 5.73 Å². The minimum absolute atomic E-state index is 0.133. The van der Waals surface area contributed by atoms with Gasteiger partial charge in [-0.2, -0.15) is 0 Å². The molecule has 0 aliphatic carbocycles. The zero-order valence-electron chi connectivity index (χ0n) is 10.2. The molecule has 0 radical (unpaired) electrons. The summed E-state index contributed by atoms with van der Waals surface area (Å²) in [5.41, 5.74) is 5.67. The summed E-state index contributed by atoms with van der Waals surface area (Å²) in [6, 6.07) is 2.67. The quantitative estimate of drug-likeness (QED) is 0.817. The number of halogens is 3. The Bertz CT molecular complexity index is 381. The van der Waals surface area contributed by atoms with Gasteiger partial charge in [-0.25, -0.2) is 8.78 Å². The van der Waals surface area contributed by atoms with Crippen LogP contribution in [-0.2, 0) is 6.42 Å². The summed E-state index contributed by atoms with van der Waals surface area (Å²) < 4.78 is 27.8. The monoisotopic (exact) mass is 305 g/mol. The molecule has 1 aromatic carbocycles. The van der Waals surface area contributed by atoms with Crippen molar-refractivity contribution in [2.45, 2.75) is 33.1 Å². The van der Waals surface area contributed by atoms with Crippen molar-refractivity contribution in [1.82, 2.24) is 0 Å². The summed E-state index contributed by atoms with van der Waals surface area (Å²) in [5, 5.41) is 0. The molecule has 0 saturated carbocycles. The fourth-order valence-electron chi connectivity index (χ4n) is 1.97. The van der Waals surface area contributed by atoms with Gasteiger partial charge in [0.25, 0.3) is 0 Å². The summed E-state index contributed by atoms with van der Waals surface area (Å²) in [4.78, 5) is 0. The Balaban J connectivity index is 3.13. The fraction of sp³-hybridized carbons (Fsp3) is 0.538. The molecule has 2 N–H and O–H groups in total. The van der Waals surface area contributed by atoms with E-state index in [-0.39, 0.29) is 11.0 Å². The van der Waals surface area contributed by atoms with Crippen LogP contribution >= 0.6 is 15.9 Å². The van der Waals surface area contributed by atoms with Gasteiger partial charge in [-0.05, 0) is 59.3 Å². The van der Waals surface area contributed by atoms with E-state index in [9.17, 15) is 8.78 Å². The number of benzene rings is 1. The van der Waals surface area contributed by atoms with Crippen molar-refractivity contribution < 1.29 is 8.78 Å². The first kappa shape index (κ1) is 14.6. The second-order valence-corrected chi connectivity index (χ2v) is 5.26. The van der Waals surface area contributed by atoms with Crippen LogP contribution in [0, 0.1) is 17.0 Å². The molecule has 0 aliphatic rings. The van der Waals surface area contributed by atoms with E-state index in [2.05, 4.69) is 15.9 Å². The summed E-state index contributed by atoms with van der Waals surface area (Å²) in [6.07, 6.45) is 1.96. The topological polar surface area (TPSA) is 26.0 Å². The molecule has 17 heavy (non-hydrogen) atoms. The van der Waals surface area contributed by atoms with Crippen molar-refractivity contribution in [2.75, 3.05) is 6.54 Å². The molecule has 96 valence electrons. The fourth-order valence-corrected chi connectivity index (χ4v) is 2.34. The maximum atomic E-state index is 13.9. The lowest BCUT2D eigenvalue weighted by molar-refractivity contribution is 0.264. The molecule has 0 heterocycles. The molecule has 0 bridgehead atoms. The van der Waals surface area contributed by atoms with E-state index in [0.29, 0.717) is 17.4 Å². The van der Waals surface area contributed by atoms with Crippen molar-refractivity contribution in [3.05, 3.63) is 33.8 Å². The average molecular weight is 306 g/mol. The van der Waals surface area contributed by atoms with Crippen molar-refractivity contribution >= 4 is 15.9 Å². The highest BCUT2D eigenvalue weighted by molar-refractivity contribution is 9.10. The molecule has 4 heteroatoms. The lowest BCUT2D eigenvalue weighted by Crippen LogP contribution is -2.32. The van der Waals surface area contributed by atoms with Gasteiger partial charge in [0.2, 0.25) is 0 Å². The van der Waals surface area contributed by atoms with E-state index in [0.717, 1.165) is 12.8 Å². The van der Waals surface area contributed by atoms with Crippen molar-refractivity contribution in [2.24, 2.45) is 11.1 Å². The zero-order valence-corrected chi connectivity index (χ0v) is 11.8. The Morgan fingerprint density at radius 3 is 2.29 bits per heavy atom. The van der Waals surface area contributed by atoms with Crippen LogP contribution in [0.1, 0.15) is 32.3 Å². The third kappa shape index (κ3) is 3.05. The summed E-state index contributed by atoms with van der Waals surface area (Å²) >= 11 is 3.08. The maximum absolute atomic E-state index is 13.9. The summed E-state index contributed by atoms with van der Waals surface area (Å²) in [5.74, 6) is -1.00. The number of nitrogens with two attached hydrogens (primary N) is 1. The number of hydrogen-bond donors (Lipinski definition) is 1. The van der Waals surface area contributed by atoms with E-state index < -0.39 is 11.6 Å². The molecule has 0 unspecified atom stereocenters. The third-order valence-electron chi connectivity index (χ3n) is 3.62. The highest BCUT2D eigenvalue weighted by Crippen LogP contribution is 2.33. The second kappa shape index (κ2) is 5.91. The molecule has 0 spiro atoms. The Kier molecular flexibility index (Phi) is 5.07. The first-order valence-corrected chi connectivity index (χ1v) is 6.61. The first-order valence-electron chi connectivity index (χ1n) is 5.82. The van der Waals surface area contributed by atoms with E-state index in [1.165, 1.54) is 12.1 Å². The minimum atomic E-state index is -0.510. The third-order valence-corrected chi connectivity index (χ3v) is 4.24. The largest absolute Gasteiger partial charge is 0.330 e. The Hall–Kier alpha value is -0.480. The van der Waals surface area contributed by atoms with Crippen molar-refractivity contribution in [1.29, 1.82) is 0 Å². The molecule has 1 aromatic rings. The summed E-state index contributed by atoms with van der Waals surface area (Å²) in [6.45, 7) is 4.44. The molecular weight excluding hydrogens is 288 g/mol. The summed E-state index contributed by atoms with van der Waals surface area (Å²) in [7, 11) is 0. The van der Waals surface area contributed by atoms with Crippen molar-refractivity contribution in [3.63, 3.8) is 0 Å².